The first kappa shape index (κ1) is 15.0. The van der Waals surface area contributed by atoms with Crippen molar-refractivity contribution < 1.29 is 5.11 Å². The fourth-order valence-corrected chi connectivity index (χ4v) is 2.76. The van der Waals surface area contributed by atoms with Crippen LogP contribution in [0.1, 0.15) is 32.0 Å². The molecule has 2 heterocycles. The lowest BCUT2D eigenvalue weighted by molar-refractivity contribution is 0.0605. The van der Waals surface area contributed by atoms with E-state index in [-0.39, 0.29) is 18.1 Å². The maximum absolute atomic E-state index is 9.65. The van der Waals surface area contributed by atoms with Gasteiger partial charge in [-0.3, -0.25) is 4.90 Å². The predicted molar refractivity (Wildman–Crippen MR) is 81.7 cm³/mol. The minimum Gasteiger partial charge on any atom is -0.395 e. The SMILES string of the molecule is Cc1cccn2c(CN(C)C(CO)C(C)(C)C)cnc12. The van der Waals surface area contributed by atoms with E-state index in [0.717, 1.165) is 17.9 Å². The lowest BCUT2D eigenvalue weighted by Crippen LogP contribution is -2.44. The third-order valence-electron chi connectivity index (χ3n) is 3.92. The van der Waals surface area contributed by atoms with E-state index >= 15 is 0 Å². The van der Waals surface area contributed by atoms with Crippen molar-refractivity contribution in [1.82, 2.24) is 14.3 Å². The van der Waals surface area contributed by atoms with E-state index in [1.54, 1.807) is 0 Å². The zero-order chi connectivity index (χ0) is 14.9. The lowest BCUT2D eigenvalue weighted by atomic mass is 9.86. The number of aromatic nitrogens is 2. The van der Waals surface area contributed by atoms with Crippen LogP contribution < -0.4 is 0 Å². The largest absolute Gasteiger partial charge is 0.395 e. The average Bonchev–Trinajstić information content (AvgIpc) is 2.73. The van der Waals surface area contributed by atoms with Crippen molar-refractivity contribution in [3.63, 3.8) is 0 Å². The first-order valence-corrected chi connectivity index (χ1v) is 7.07. The predicted octanol–water partition coefficient (Wildman–Crippen LogP) is 2.48. The molecule has 0 aliphatic rings. The quantitative estimate of drug-likeness (QED) is 0.932. The molecule has 20 heavy (non-hydrogen) atoms. The van der Waals surface area contributed by atoms with Crippen molar-refractivity contribution >= 4 is 5.65 Å². The second kappa shape index (κ2) is 5.54. The highest BCUT2D eigenvalue weighted by Gasteiger charge is 2.28. The third kappa shape index (κ3) is 2.86. The summed E-state index contributed by atoms with van der Waals surface area (Å²) in [5, 5.41) is 9.65. The van der Waals surface area contributed by atoms with Gasteiger partial charge in [0.2, 0.25) is 0 Å². The van der Waals surface area contributed by atoms with Crippen LogP contribution in [0.5, 0.6) is 0 Å². The highest BCUT2D eigenvalue weighted by Crippen LogP contribution is 2.24. The number of imidazole rings is 1. The Balaban J connectivity index is 2.26. The molecule has 2 aromatic rings. The van der Waals surface area contributed by atoms with Crippen molar-refractivity contribution in [2.24, 2.45) is 5.41 Å². The molecule has 0 spiro atoms. The monoisotopic (exact) mass is 275 g/mol. The van der Waals surface area contributed by atoms with Crippen molar-refractivity contribution in [2.75, 3.05) is 13.7 Å². The number of hydrogen-bond acceptors (Lipinski definition) is 3. The summed E-state index contributed by atoms with van der Waals surface area (Å²) < 4.78 is 2.13. The molecule has 0 bridgehead atoms. The Morgan fingerprint density at radius 2 is 2.10 bits per heavy atom. The number of fused-ring (bicyclic) bond motifs is 1. The third-order valence-corrected chi connectivity index (χ3v) is 3.92. The first-order chi connectivity index (χ1) is 9.34. The van der Waals surface area contributed by atoms with Gasteiger partial charge in [0.15, 0.2) is 0 Å². The highest BCUT2D eigenvalue weighted by atomic mass is 16.3. The standard InChI is InChI=1S/C16H25N3O/c1-12-7-6-8-19-13(9-17-15(12)19)10-18(5)14(11-20)16(2,3)4/h6-9,14,20H,10-11H2,1-5H3. The Morgan fingerprint density at radius 3 is 2.70 bits per heavy atom. The van der Waals surface area contributed by atoms with Gasteiger partial charge >= 0.3 is 0 Å². The summed E-state index contributed by atoms with van der Waals surface area (Å²) >= 11 is 0. The van der Waals surface area contributed by atoms with Crippen molar-refractivity contribution in [3.05, 3.63) is 35.8 Å². The van der Waals surface area contributed by atoms with Crippen LogP contribution in [-0.4, -0.2) is 39.1 Å². The molecule has 4 nitrogen and oxygen atoms in total. The normalized spacial score (nSPS) is 14.2. The number of nitrogens with zero attached hydrogens (tertiary/aromatic N) is 3. The molecule has 0 amide bonds. The molecular formula is C16H25N3O. The number of aliphatic hydroxyl groups excluding tert-OH is 1. The van der Waals surface area contributed by atoms with Gasteiger partial charge in [0.25, 0.3) is 0 Å². The topological polar surface area (TPSA) is 40.8 Å². The van der Waals surface area contributed by atoms with Gasteiger partial charge in [-0.2, -0.15) is 0 Å². The van der Waals surface area contributed by atoms with Crippen LogP contribution in [0.15, 0.2) is 24.5 Å². The number of aliphatic hydroxyl groups is 1. The van der Waals surface area contributed by atoms with Gasteiger partial charge in [-0.15, -0.1) is 0 Å². The number of likely N-dealkylation sites (N-methyl/N-ethyl adjacent to an activating group) is 1. The van der Waals surface area contributed by atoms with Crippen molar-refractivity contribution in [2.45, 2.75) is 40.3 Å². The molecule has 0 aliphatic heterocycles. The number of aryl methyl sites for hydroxylation is 1. The van der Waals surface area contributed by atoms with Crippen LogP contribution in [-0.2, 0) is 6.54 Å². The highest BCUT2D eigenvalue weighted by molar-refractivity contribution is 5.48. The molecule has 4 heteroatoms. The van der Waals surface area contributed by atoms with Crippen molar-refractivity contribution in [3.8, 4) is 0 Å². The fourth-order valence-electron chi connectivity index (χ4n) is 2.76. The van der Waals surface area contributed by atoms with Crippen LogP contribution in [0.25, 0.3) is 5.65 Å². The van der Waals surface area contributed by atoms with Crippen LogP contribution >= 0.6 is 0 Å². The number of pyridine rings is 1. The van der Waals surface area contributed by atoms with Crippen molar-refractivity contribution in [1.29, 1.82) is 0 Å². The van der Waals surface area contributed by atoms with Gasteiger partial charge in [0.05, 0.1) is 18.5 Å². The molecule has 0 aromatic carbocycles. The summed E-state index contributed by atoms with van der Waals surface area (Å²) in [5.41, 5.74) is 3.37. The van der Waals surface area contributed by atoms with E-state index < -0.39 is 0 Å². The summed E-state index contributed by atoms with van der Waals surface area (Å²) in [6.45, 7) is 9.47. The average molecular weight is 275 g/mol. The molecule has 2 aromatic heterocycles. The van der Waals surface area contributed by atoms with E-state index in [0.29, 0.717) is 0 Å². The lowest BCUT2D eigenvalue weighted by Gasteiger charge is -2.36. The molecule has 0 saturated carbocycles. The Morgan fingerprint density at radius 1 is 1.40 bits per heavy atom. The summed E-state index contributed by atoms with van der Waals surface area (Å²) in [4.78, 5) is 6.69. The van der Waals surface area contributed by atoms with Gasteiger partial charge in [-0.05, 0) is 31.0 Å². The van der Waals surface area contributed by atoms with Crippen LogP contribution in [0.2, 0.25) is 0 Å². The van der Waals surface area contributed by atoms with Gasteiger partial charge in [0.1, 0.15) is 5.65 Å². The first-order valence-electron chi connectivity index (χ1n) is 7.07. The smallest absolute Gasteiger partial charge is 0.139 e. The van der Waals surface area contributed by atoms with E-state index in [1.807, 2.05) is 18.5 Å². The van der Waals surface area contributed by atoms with E-state index in [1.165, 1.54) is 5.56 Å². The number of rotatable bonds is 4. The fraction of sp³-hybridized carbons (Fsp3) is 0.562. The maximum atomic E-state index is 9.65. The summed E-state index contributed by atoms with van der Waals surface area (Å²) in [5.74, 6) is 0. The second-order valence-corrected chi connectivity index (χ2v) is 6.61. The van der Waals surface area contributed by atoms with Gasteiger partial charge in [0, 0.05) is 18.8 Å². The molecule has 1 unspecified atom stereocenters. The second-order valence-electron chi connectivity index (χ2n) is 6.61. The van der Waals surface area contributed by atoms with Crippen LogP contribution in [0.4, 0.5) is 0 Å². The molecule has 110 valence electrons. The van der Waals surface area contributed by atoms with E-state index in [2.05, 4.69) is 55.1 Å². The zero-order valence-corrected chi connectivity index (χ0v) is 13.1. The Kier molecular flexibility index (Phi) is 4.16. The Hall–Kier alpha value is -1.39. The summed E-state index contributed by atoms with van der Waals surface area (Å²) in [7, 11) is 2.06. The van der Waals surface area contributed by atoms with E-state index in [9.17, 15) is 5.11 Å². The Bertz CT molecular complexity index is 583. The molecule has 0 fully saturated rings. The molecule has 0 radical (unpaired) electrons. The van der Waals surface area contributed by atoms with Gasteiger partial charge in [-0.25, -0.2) is 4.98 Å². The molecule has 2 rings (SSSR count). The van der Waals surface area contributed by atoms with Gasteiger partial charge < -0.3 is 9.51 Å². The molecule has 0 aliphatic carbocycles. The summed E-state index contributed by atoms with van der Waals surface area (Å²) in [6.07, 6.45) is 3.97. The maximum Gasteiger partial charge on any atom is 0.139 e. The zero-order valence-electron chi connectivity index (χ0n) is 13.1. The molecule has 1 N–H and O–H groups in total. The Labute approximate surface area is 121 Å². The molecule has 1 atom stereocenters. The summed E-state index contributed by atoms with van der Waals surface area (Å²) in [6, 6.07) is 4.24. The number of hydrogen-bond donors (Lipinski definition) is 1. The molecule has 0 saturated heterocycles. The van der Waals surface area contributed by atoms with E-state index in [4.69, 9.17) is 0 Å². The van der Waals surface area contributed by atoms with Crippen LogP contribution in [0.3, 0.4) is 0 Å². The minimum atomic E-state index is 0.0416. The minimum absolute atomic E-state index is 0.0416. The van der Waals surface area contributed by atoms with Crippen LogP contribution in [0, 0.1) is 12.3 Å². The van der Waals surface area contributed by atoms with Gasteiger partial charge in [-0.1, -0.05) is 26.8 Å². The molecular weight excluding hydrogens is 250 g/mol.